The second kappa shape index (κ2) is 11.7. The molecule has 1 saturated heterocycles. The first-order valence-electron chi connectivity index (χ1n) is 13.4. The Hall–Kier alpha value is -4.14. The number of carbonyl (C=O) groups excluding carboxylic acids is 2. The van der Waals surface area contributed by atoms with Gasteiger partial charge in [-0.3, -0.25) is 9.59 Å². The molecule has 0 atom stereocenters. The zero-order valence-electron chi connectivity index (χ0n) is 22.8. The molecule has 2 aliphatic rings. The number of carbonyl (C=O) groups is 2. The predicted molar refractivity (Wildman–Crippen MR) is 149 cm³/mol. The third-order valence-electron chi connectivity index (χ3n) is 7.38. The first-order chi connectivity index (χ1) is 18.9. The fourth-order valence-corrected chi connectivity index (χ4v) is 4.81. The van der Waals surface area contributed by atoms with Crippen LogP contribution in [0.15, 0.2) is 54.6 Å². The molecule has 9 heteroatoms. The summed E-state index contributed by atoms with van der Waals surface area (Å²) >= 11 is 0. The first kappa shape index (κ1) is 26.5. The number of nitrogens with zero attached hydrogens (tertiary/aromatic N) is 5. The van der Waals surface area contributed by atoms with Gasteiger partial charge in [0.15, 0.2) is 5.82 Å². The van der Waals surface area contributed by atoms with E-state index >= 15 is 0 Å². The fourth-order valence-electron chi connectivity index (χ4n) is 4.81. The number of ether oxygens (including phenoxy) is 2. The van der Waals surface area contributed by atoms with Gasteiger partial charge in [-0.15, -0.1) is 10.2 Å². The minimum Gasteiger partial charge on any atom is -0.497 e. The third kappa shape index (κ3) is 6.30. The van der Waals surface area contributed by atoms with Crippen molar-refractivity contribution in [2.45, 2.75) is 19.8 Å². The molecular formula is C30H35N5O4. The number of amides is 2. The van der Waals surface area contributed by atoms with Crippen molar-refractivity contribution < 1.29 is 19.1 Å². The number of methoxy groups -OCH3 is 2. The van der Waals surface area contributed by atoms with Crippen molar-refractivity contribution in [2.75, 3.05) is 58.4 Å². The van der Waals surface area contributed by atoms with Crippen LogP contribution >= 0.6 is 0 Å². The highest BCUT2D eigenvalue weighted by atomic mass is 16.5. The maximum absolute atomic E-state index is 13.2. The number of benzene rings is 2. The van der Waals surface area contributed by atoms with Crippen LogP contribution in [0.1, 0.15) is 28.8 Å². The monoisotopic (exact) mass is 529 g/mol. The number of piperazine rings is 1. The van der Waals surface area contributed by atoms with E-state index < -0.39 is 0 Å². The number of hydrogen-bond donors (Lipinski definition) is 0. The van der Waals surface area contributed by atoms with Gasteiger partial charge in [-0.2, -0.15) is 0 Å². The summed E-state index contributed by atoms with van der Waals surface area (Å²) in [6.45, 7) is 5.20. The zero-order chi connectivity index (χ0) is 27.4. The van der Waals surface area contributed by atoms with Crippen LogP contribution < -0.4 is 14.4 Å². The number of aryl methyl sites for hydroxylation is 1. The molecule has 2 aromatic carbocycles. The fraction of sp³-hybridized carbons (Fsp3) is 0.400. The van der Waals surface area contributed by atoms with Gasteiger partial charge in [-0.1, -0.05) is 17.7 Å². The highest BCUT2D eigenvalue weighted by Crippen LogP contribution is 2.32. The molecule has 39 heavy (non-hydrogen) atoms. The van der Waals surface area contributed by atoms with E-state index in [1.165, 1.54) is 0 Å². The smallest absolute Gasteiger partial charge is 0.254 e. The van der Waals surface area contributed by atoms with Gasteiger partial charge in [0.25, 0.3) is 5.91 Å². The maximum Gasteiger partial charge on any atom is 0.254 e. The van der Waals surface area contributed by atoms with Crippen molar-refractivity contribution >= 4 is 17.6 Å². The van der Waals surface area contributed by atoms with Crippen molar-refractivity contribution in [3.05, 3.63) is 65.7 Å². The molecule has 1 aliphatic carbocycles. The van der Waals surface area contributed by atoms with Gasteiger partial charge in [0.2, 0.25) is 5.91 Å². The molecule has 2 heterocycles. The normalized spacial score (nSPS) is 15.2. The largest absolute Gasteiger partial charge is 0.497 e. The van der Waals surface area contributed by atoms with Crippen molar-refractivity contribution in [3.8, 4) is 22.8 Å². The Morgan fingerprint density at radius 3 is 2.28 bits per heavy atom. The molecule has 2 fully saturated rings. The SMILES string of the molecule is COc1ccc(-c2ccc(N3CCN(C(=O)CN(CC4CC4)C(=O)c4ccc(C)cc4)CC3)nn2)c(OC)c1. The highest BCUT2D eigenvalue weighted by Gasteiger charge is 2.30. The topological polar surface area (TPSA) is 88.1 Å². The van der Waals surface area contributed by atoms with Crippen molar-refractivity contribution in [2.24, 2.45) is 5.92 Å². The molecule has 0 unspecified atom stereocenters. The van der Waals surface area contributed by atoms with E-state index in [-0.39, 0.29) is 18.4 Å². The number of rotatable bonds is 9. The molecule has 0 N–H and O–H groups in total. The van der Waals surface area contributed by atoms with Gasteiger partial charge in [0.1, 0.15) is 18.0 Å². The molecular weight excluding hydrogens is 494 g/mol. The Balaban J connectivity index is 1.19. The van der Waals surface area contributed by atoms with Gasteiger partial charge >= 0.3 is 0 Å². The Morgan fingerprint density at radius 2 is 1.67 bits per heavy atom. The average molecular weight is 530 g/mol. The molecule has 1 saturated carbocycles. The van der Waals surface area contributed by atoms with E-state index in [1.54, 1.807) is 19.1 Å². The minimum absolute atomic E-state index is 0.0104. The van der Waals surface area contributed by atoms with Crippen molar-refractivity contribution in [1.29, 1.82) is 0 Å². The van der Waals surface area contributed by atoms with Crippen LogP contribution in [0, 0.1) is 12.8 Å². The van der Waals surface area contributed by atoms with Gasteiger partial charge < -0.3 is 24.2 Å². The lowest BCUT2D eigenvalue weighted by Crippen LogP contribution is -2.52. The Morgan fingerprint density at radius 1 is 0.923 bits per heavy atom. The van der Waals surface area contributed by atoms with Gasteiger partial charge in [0.05, 0.1) is 19.9 Å². The summed E-state index contributed by atoms with van der Waals surface area (Å²) in [4.78, 5) is 32.1. The van der Waals surface area contributed by atoms with Crippen LogP contribution in [-0.4, -0.2) is 85.3 Å². The lowest BCUT2D eigenvalue weighted by Gasteiger charge is -2.36. The highest BCUT2D eigenvalue weighted by molar-refractivity contribution is 5.96. The van der Waals surface area contributed by atoms with Crippen LogP contribution in [0.25, 0.3) is 11.3 Å². The maximum atomic E-state index is 13.2. The lowest BCUT2D eigenvalue weighted by atomic mass is 10.1. The third-order valence-corrected chi connectivity index (χ3v) is 7.38. The van der Waals surface area contributed by atoms with Crippen LogP contribution in [0.3, 0.4) is 0 Å². The minimum atomic E-state index is -0.0715. The predicted octanol–water partition coefficient (Wildman–Crippen LogP) is 3.67. The first-order valence-corrected chi connectivity index (χ1v) is 13.4. The van der Waals surface area contributed by atoms with E-state index in [1.807, 2.05) is 66.4 Å². The van der Waals surface area contributed by atoms with Crippen LogP contribution in [0.4, 0.5) is 5.82 Å². The summed E-state index contributed by atoms with van der Waals surface area (Å²) in [6.07, 6.45) is 2.24. The summed E-state index contributed by atoms with van der Waals surface area (Å²) in [5.74, 6) is 2.57. The second-order valence-electron chi connectivity index (χ2n) is 10.2. The van der Waals surface area contributed by atoms with Crippen LogP contribution in [-0.2, 0) is 4.79 Å². The lowest BCUT2D eigenvalue weighted by molar-refractivity contribution is -0.132. The summed E-state index contributed by atoms with van der Waals surface area (Å²) in [5.41, 5.74) is 3.28. The molecule has 0 spiro atoms. The average Bonchev–Trinajstić information content (AvgIpc) is 3.81. The number of anilines is 1. The number of aromatic nitrogens is 2. The Kier molecular flexibility index (Phi) is 7.95. The van der Waals surface area contributed by atoms with Gasteiger partial charge in [0, 0.05) is 49.9 Å². The summed E-state index contributed by atoms with van der Waals surface area (Å²) in [7, 11) is 3.23. The van der Waals surface area contributed by atoms with Crippen molar-refractivity contribution in [3.63, 3.8) is 0 Å². The Labute approximate surface area is 229 Å². The van der Waals surface area contributed by atoms with E-state index in [9.17, 15) is 9.59 Å². The van der Waals surface area contributed by atoms with E-state index in [2.05, 4.69) is 15.1 Å². The molecule has 204 valence electrons. The quantitative estimate of drug-likeness (QED) is 0.418. The molecule has 9 nitrogen and oxygen atoms in total. The summed E-state index contributed by atoms with van der Waals surface area (Å²) in [6, 6.07) is 17.0. The molecule has 1 aromatic heterocycles. The van der Waals surface area contributed by atoms with E-state index in [0.29, 0.717) is 61.4 Å². The summed E-state index contributed by atoms with van der Waals surface area (Å²) in [5, 5.41) is 8.88. The van der Waals surface area contributed by atoms with Crippen LogP contribution in [0.5, 0.6) is 11.5 Å². The summed E-state index contributed by atoms with van der Waals surface area (Å²) < 4.78 is 10.8. The van der Waals surface area contributed by atoms with Gasteiger partial charge in [-0.05, 0) is 62.1 Å². The molecule has 0 bridgehead atoms. The molecule has 2 amide bonds. The van der Waals surface area contributed by atoms with Crippen molar-refractivity contribution in [1.82, 2.24) is 20.0 Å². The Bertz CT molecular complexity index is 1300. The standard InChI is InChI=1S/C30H35N5O4/c1-21-4-8-23(9-5-21)30(37)35(19-22-6-7-22)20-29(36)34-16-14-33(15-17-34)28-13-12-26(31-32-28)25-11-10-24(38-2)18-27(25)39-3/h4-5,8-13,18,22H,6-7,14-17,19-20H2,1-3H3. The van der Waals surface area contributed by atoms with E-state index in [0.717, 1.165) is 29.8 Å². The molecule has 3 aromatic rings. The molecule has 1 aliphatic heterocycles. The second-order valence-corrected chi connectivity index (χ2v) is 10.2. The van der Waals surface area contributed by atoms with E-state index in [4.69, 9.17) is 9.47 Å². The zero-order valence-corrected chi connectivity index (χ0v) is 22.8. The van der Waals surface area contributed by atoms with Crippen LogP contribution in [0.2, 0.25) is 0 Å². The molecule has 0 radical (unpaired) electrons. The molecule has 5 rings (SSSR count). The van der Waals surface area contributed by atoms with Gasteiger partial charge in [-0.25, -0.2) is 0 Å². The number of hydrogen-bond acceptors (Lipinski definition) is 7.